The molecule has 150 valence electrons. The largest absolute Gasteiger partial charge is 0.499 e. The summed E-state index contributed by atoms with van der Waals surface area (Å²) in [6.45, 7) is -0.474. The zero-order valence-corrected chi connectivity index (χ0v) is 15.3. The van der Waals surface area contributed by atoms with Crippen LogP contribution in [-0.2, 0) is 37.3 Å². The van der Waals surface area contributed by atoms with E-state index in [9.17, 15) is 18.2 Å². The molecule has 0 aliphatic carbocycles. The van der Waals surface area contributed by atoms with Crippen molar-refractivity contribution in [2.75, 3.05) is 7.11 Å². The van der Waals surface area contributed by atoms with Gasteiger partial charge < -0.3 is 4.89 Å². The summed E-state index contributed by atoms with van der Waals surface area (Å²) in [5, 5.41) is 7.87. The first-order valence-electron chi connectivity index (χ1n) is 7.70. The standard InChI is InChI=1S/C14H15F2N6O5P/c1-25-28(23,24)27-26-14(5-21-9-17-7-19-21,6-22-10-18-8-20-22)12-3-2-11(15)4-13(12)16/h2-4,7-10H,5-6H2,1H3,(H,23,24). The lowest BCUT2D eigenvalue weighted by Gasteiger charge is -2.32. The van der Waals surface area contributed by atoms with Crippen LogP contribution in [0.2, 0.25) is 0 Å². The molecular formula is C14H15F2N6O5P. The first kappa shape index (κ1) is 20.2. The number of halogens is 2. The molecule has 1 unspecified atom stereocenters. The first-order valence-corrected chi connectivity index (χ1v) is 9.19. The van der Waals surface area contributed by atoms with Gasteiger partial charge in [-0.15, -0.1) is 4.67 Å². The predicted octanol–water partition coefficient (Wildman–Crippen LogP) is 1.44. The number of phosphoric acid groups is 1. The fourth-order valence-electron chi connectivity index (χ4n) is 2.48. The maximum absolute atomic E-state index is 14.7. The van der Waals surface area contributed by atoms with E-state index >= 15 is 0 Å². The van der Waals surface area contributed by atoms with Gasteiger partial charge >= 0.3 is 7.82 Å². The highest BCUT2D eigenvalue weighted by molar-refractivity contribution is 7.47. The first-order chi connectivity index (χ1) is 13.3. The van der Waals surface area contributed by atoms with Gasteiger partial charge in [0.05, 0.1) is 13.1 Å². The highest BCUT2D eigenvalue weighted by Gasteiger charge is 2.42. The van der Waals surface area contributed by atoms with Crippen molar-refractivity contribution in [1.82, 2.24) is 29.5 Å². The lowest BCUT2D eigenvalue weighted by molar-refractivity contribution is -0.320. The van der Waals surface area contributed by atoms with Crippen LogP contribution in [0.4, 0.5) is 8.78 Å². The molecule has 11 nitrogen and oxygen atoms in total. The van der Waals surface area contributed by atoms with Crippen molar-refractivity contribution in [2.24, 2.45) is 0 Å². The fraction of sp³-hybridized carbons (Fsp3) is 0.286. The molecule has 0 amide bonds. The quantitative estimate of drug-likeness (QED) is 0.313. The molecule has 0 saturated carbocycles. The van der Waals surface area contributed by atoms with Crippen LogP contribution in [0.5, 0.6) is 0 Å². The van der Waals surface area contributed by atoms with Crippen molar-refractivity contribution < 1.29 is 32.3 Å². The van der Waals surface area contributed by atoms with Crippen molar-refractivity contribution in [3.63, 3.8) is 0 Å². The smallest absolute Gasteiger partial charge is 0.301 e. The second-order valence-corrected chi connectivity index (χ2v) is 7.06. The Morgan fingerprint density at radius 2 is 1.75 bits per heavy atom. The Kier molecular flexibility index (Phi) is 5.91. The van der Waals surface area contributed by atoms with Crippen LogP contribution in [0.3, 0.4) is 0 Å². The normalized spacial score (nSPS) is 14.1. The minimum Gasteiger partial charge on any atom is -0.301 e. The summed E-state index contributed by atoms with van der Waals surface area (Å²) in [7, 11) is -3.67. The number of rotatable bonds is 9. The molecule has 14 heteroatoms. The van der Waals surface area contributed by atoms with Gasteiger partial charge in [0.25, 0.3) is 0 Å². The number of nitrogens with zero attached hydrogens (tertiary/aromatic N) is 6. The van der Waals surface area contributed by atoms with Crippen LogP contribution < -0.4 is 0 Å². The summed E-state index contributed by atoms with van der Waals surface area (Å²) in [5.74, 6) is -1.80. The number of hydrogen-bond donors (Lipinski definition) is 1. The van der Waals surface area contributed by atoms with Crippen LogP contribution in [0.25, 0.3) is 0 Å². The molecule has 0 radical (unpaired) electrons. The molecule has 1 N–H and O–H groups in total. The Balaban J connectivity index is 2.09. The molecule has 1 aromatic carbocycles. The summed E-state index contributed by atoms with van der Waals surface area (Å²) in [6.07, 6.45) is 5.09. The van der Waals surface area contributed by atoms with Crippen LogP contribution in [0.15, 0.2) is 43.5 Å². The number of phosphoric ester groups is 1. The SMILES string of the molecule is COP(=O)(O)OOC(Cn1cncn1)(Cn1cncn1)c1ccc(F)cc1F. The molecule has 3 rings (SSSR count). The third-order valence-electron chi connectivity index (χ3n) is 3.71. The van der Waals surface area contributed by atoms with E-state index in [-0.39, 0.29) is 18.7 Å². The van der Waals surface area contributed by atoms with Crippen LogP contribution in [0, 0.1) is 11.6 Å². The van der Waals surface area contributed by atoms with Crippen molar-refractivity contribution in [3.05, 3.63) is 60.7 Å². The Morgan fingerprint density at radius 1 is 1.14 bits per heavy atom. The monoisotopic (exact) mass is 416 g/mol. The molecule has 0 bridgehead atoms. The second kappa shape index (κ2) is 8.20. The summed E-state index contributed by atoms with van der Waals surface area (Å²) >= 11 is 0. The van der Waals surface area contributed by atoms with Gasteiger partial charge in [-0.05, 0) is 6.07 Å². The highest BCUT2D eigenvalue weighted by atomic mass is 31.2. The number of hydrogen-bond acceptors (Lipinski definition) is 8. The second-order valence-electron chi connectivity index (χ2n) is 5.61. The van der Waals surface area contributed by atoms with Crippen molar-refractivity contribution in [2.45, 2.75) is 18.7 Å². The van der Waals surface area contributed by atoms with Gasteiger partial charge in [-0.3, -0.25) is 4.52 Å². The van der Waals surface area contributed by atoms with Crippen molar-refractivity contribution in [3.8, 4) is 0 Å². The van der Waals surface area contributed by atoms with E-state index < -0.39 is 25.1 Å². The van der Waals surface area contributed by atoms with Crippen LogP contribution in [0.1, 0.15) is 5.56 Å². The van der Waals surface area contributed by atoms with E-state index in [0.717, 1.165) is 19.2 Å². The summed E-state index contributed by atoms with van der Waals surface area (Å²) in [6, 6.07) is 2.77. The zero-order valence-electron chi connectivity index (χ0n) is 14.4. The maximum atomic E-state index is 14.7. The molecule has 2 aromatic heterocycles. The van der Waals surface area contributed by atoms with Gasteiger partial charge in [-0.25, -0.2) is 37.6 Å². The molecule has 0 aliphatic heterocycles. The molecule has 1 atom stereocenters. The minimum absolute atomic E-state index is 0.184. The van der Waals surface area contributed by atoms with Gasteiger partial charge in [-0.1, -0.05) is 6.07 Å². The van der Waals surface area contributed by atoms with E-state index in [1.54, 1.807) is 0 Å². The molecule has 3 aromatic rings. The van der Waals surface area contributed by atoms with E-state index in [2.05, 4.69) is 29.4 Å². The average Bonchev–Trinajstić information content (AvgIpc) is 3.34. The third kappa shape index (κ3) is 4.64. The molecule has 0 saturated heterocycles. The average molecular weight is 416 g/mol. The molecule has 0 fully saturated rings. The van der Waals surface area contributed by atoms with Gasteiger partial charge in [0.15, 0.2) is 5.60 Å². The van der Waals surface area contributed by atoms with Crippen molar-refractivity contribution >= 4 is 7.82 Å². The molecule has 0 spiro atoms. The van der Waals surface area contributed by atoms with E-state index in [0.29, 0.717) is 6.07 Å². The predicted molar refractivity (Wildman–Crippen MR) is 87.1 cm³/mol. The molecule has 0 aliphatic rings. The van der Waals surface area contributed by atoms with E-state index in [4.69, 9.17) is 4.89 Å². The molecule has 28 heavy (non-hydrogen) atoms. The van der Waals surface area contributed by atoms with Crippen LogP contribution in [-0.4, -0.2) is 41.5 Å². The number of benzene rings is 1. The van der Waals surface area contributed by atoms with E-state index in [1.165, 1.54) is 34.7 Å². The lowest BCUT2D eigenvalue weighted by atomic mass is 9.92. The molecule has 2 heterocycles. The Hall–Kier alpha value is -2.57. The highest BCUT2D eigenvalue weighted by Crippen LogP contribution is 2.45. The zero-order chi connectivity index (χ0) is 20.2. The van der Waals surface area contributed by atoms with Gasteiger partial charge in [0, 0.05) is 18.7 Å². The lowest BCUT2D eigenvalue weighted by Crippen LogP contribution is -2.40. The molecular weight excluding hydrogens is 401 g/mol. The van der Waals surface area contributed by atoms with E-state index in [1.807, 2.05) is 0 Å². The van der Waals surface area contributed by atoms with Gasteiger partial charge in [0.2, 0.25) is 0 Å². The number of aromatic nitrogens is 6. The minimum atomic E-state index is -4.60. The maximum Gasteiger partial charge on any atom is 0.499 e. The summed E-state index contributed by atoms with van der Waals surface area (Å²) in [5.41, 5.74) is -2.01. The Labute approximate surface area is 157 Å². The fourth-order valence-corrected chi connectivity index (χ4v) is 2.78. The van der Waals surface area contributed by atoms with Gasteiger partial charge in [0.1, 0.15) is 36.9 Å². The Morgan fingerprint density at radius 3 is 2.21 bits per heavy atom. The third-order valence-corrected chi connectivity index (χ3v) is 4.44. The van der Waals surface area contributed by atoms with Crippen molar-refractivity contribution in [1.29, 1.82) is 0 Å². The Bertz CT molecular complexity index is 919. The summed E-state index contributed by atoms with van der Waals surface area (Å²) in [4.78, 5) is 22.4. The summed E-state index contributed by atoms with van der Waals surface area (Å²) < 4.78 is 51.4. The topological polar surface area (TPSA) is 126 Å². The van der Waals surface area contributed by atoms with Crippen LogP contribution >= 0.6 is 7.82 Å². The van der Waals surface area contributed by atoms with Gasteiger partial charge in [-0.2, -0.15) is 10.2 Å².